The van der Waals surface area contributed by atoms with E-state index >= 15 is 0 Å². The Balaban J connectivity index is 0.000000164. The van der Waals surface area contributed by atoms with E-state index in [4.69, 9.17) is 14.1 Å². The molecule has 0 spiro atoms. The number of imidazole rings is 1. The van der Waals surface area contributed by atoms with Crippen molar-refractivity contribution in [2.24, 2.45) is 7.05 Å². The molecule has 0 saturated carbocycles. The van der Waals surface area contributed by atoms with Gasteiger partial charge < -0.3 is 18.8 Å². The Labute approximate surface area is 244 Å². The maximum absolute atomic E-state index is 9.66. The van der Waals surface area contributed by atoms with Crippen LogP contribution in [0.1, 0.15) is 26.3 Å². The van der Waals surface area contributed by atoms with Gasteiger partial charge in [0.1, 0.15) is 22.6 Å². The molecule has 40 heavy (non-hydrogen) atoms. The largest absolute Gasteiger partial charge is 0.513 e. The molecule has 6 nitrogen and oxygen atoms in total. The van der Waals surface area contributed by atoms with E-state index in [1.165, 1.54) is 10.9 Å². The number of benzene rings is 4. The predicted molar refractivity (Wildman–Crippen MR) is 151 cm³/mol. The van der Waals surface area contributed by atoms with Crippen molar-refractivity contribution in [3.05, 3.63) is 97.1 Å². The monoisotopic (exact) mass is 705 g/mol. The number of pyridine rings is 1. The summed E-state index contributed by atoms with van der Waals surface area (Å²) in [5.74, 6) is 1.97. The second-order valence-corrected chi connectivity index (χ2v) is 10.9. The van der Waals surface area contributed by atoms with E-state index < -0.39 is 0 Å². The number of ether oxygens (including phenoxy) is 1. The van der Waals surface area contributed by atoms with E-state index in [1.807, 2.05) is 37.5 Å². The number of hydrogen-bond acceptors (Lipinski definition) is 4. The molecule has 0 fully saturated rings. The third-order valence-electron chi connectivity index (χ3n) is 7.06. The quantitative estimate of drug-likeness (QED) is 0.133. The second kappa shape index (κ2) is 9.47. The summed E-state index contributed by atoms with van der Waals surface area (Å²) in [5, 5.41) is 14.2. The minimum Gasteiger partial charge on any atom is -0.513 e. The second-order valence-electron chi connectivity index (χ2n) is 10.9. The summed E-state index contributed by atoms with van der Waals surface area (Å²) in [6.07, 6.45) is 6.68. The summed E-state index contributed by atoms with van der Waals surface area (Å²) in [7, 11) is 1.86. The summed E-state index contributed by atoms with van der Waals surface area (Å²) in [6.45, 7) is 6.69. The van der Waals surface area contributed by atoms with Crippen molar-refractivity contribution < 1.29 is 38.9 Å². The molecule has 0 unspecified atom stereocenters. The van der Waals surface area contributed by atoms with Crippen molar-refractivity contribution in [3.63, 3.8) is 0 Å². The van der Waals surface area contributed by atoms with Crippen LogP contribution in [0.15, 0.2) is 83.5 Å². The average Bonchev–Trinajstić information content (AvgIpc) is 3.43. The van der Waals surface area contributed by atoms with Crippen LogP contribution in [0.3, 0.4) is 0 Å². The Morgan fingerprint density at radius 2 is 1.77 bits per heavy atom. The molecule has 201 valence electrons. The number of rotatable bonds is 0. The zero-order valence-corrected chi connectivity index (χ0v) is 24.8. The molecular weight excluding hydrogens is 679 g/mol. The third-order valence-corrected chi connectivity index (χ3v) is 7.06. The fraction of sp³-hybridized carbons (Fsp3) is 0.152. The topological polar surface area (TPSA) is 63.8 Å². The number of aryl methyl sites for hydroxylation is 1. The van der Waals surface area contributed by atoms with Crippen LogP contribution in [0.2, 0.25) is 0 Å². The van der Waals surface area contributed by atoms with Gasteiger partial charge in [-0.25, -0.2) is 0 Å². The molecule has 8 rings (SSSR count). The van der Waals surface area contributed by atoms with Crippen molar-refractivity contribution >= 4 is 38.4 Å². The van der Waals surface area contributed by atoms with Gasteiger partial charge in [-0.15, -0.1) is 17.5 Å². The summed E-state index contributed by atoms with van der Waals surface area (Å²) in [5.41, 5.74) is 5.08. The number of oxazole rings is 1. The number of para-hydroxylation sites is 1. The van der Waals surface area contributed by atoms with Crippen molar-refractivity contribution in [1.82, 2.24) is 9.38 Å². The van der Waals surface area contributed by atoms with Crippen LogP contribution in [-0.2, 0) is 32.6 Å². The van der Waals surface area contributed by atoms with E-state index in [1.54, 1.807) is 27.3 Å². The predicted octanol–water partition coefficient (Wildman–Crippen LogP) is 7.27. The molecule has 1 aliphatic heterocycles. The summed E-state index contributed by atoms with van der Waals surface area (Å²) in [4.78, 5) is 4.70. The number of aromatic hydroxyl groups is 1. The van der Waals surface area contributed by atoms with Crippen LogP contribution in [0.5, 0.6) is 17.2 Å². The van der Waals surface area contributed by atoms with Crippen molar-refractivity contribution in [3.8, 4) is 28.5 Å². The van der Waals surface area contributed by atoms with E-state index in [0.717, 1.165) is 38.9 Å². The van der Waals surface area contributed by atoms with Crippen molar-refractivity contribution in [1.29, 1.82) is 0 Å². The maximum atomic E-state index is 9.66. The molecule has 1 N–H and O–H groups in total. The zero-order chi connectivity index (χ0) is 26.9. The molecule has 4 heterocycles. The van der Waals surface area contributed by atoms with Gasteiger partial charge in [-0.05, 0) is 35.1 Å². The first-order valence-corrected chi connectivity index (χ1v) is 12.8. The molecule has 7 heteroatoms. The molecule has 0 amide bonds. The average molecular weight is 705 g/mol. The normalized spacial score (nSPS) is 12.1. The molecule has 0 atom stereocenters. The van der Waals surface area contributed by atoms with Crippen molar-refractivity contribution in [2.45, 2.75) is 26.2 Å². The number of phenolic OH excluding ortho intramolecular Hbond substituents is 1. The zero-order valence-electron chi connectivity index (χ0n) is 22.4. The van der Waals surface area contributed by atoms with Gasteiger partial charge in [0.05, 0.1) is 19.0 Å². The van der Waals surface area contributed by atoms with E-state index in [0.29, 0.717) is 16.8 Å². The van der Waals surface area contributed by atoms with E-state index in [2.05, 4.69) is 63.5 Å². The van der Waals surface area contributed by atoms with Gasteiger partial charge in [0.25, 0.3) is 0 Å². The van der Waals surface area contributed by atoms with E-state index in [9.17, 15) is 5.11 Å². The van der Waals surface area contributed by atoms with E-state index in [-0.39, 0.29) is 31.3 Å². The minimum absolute atomic E-state index is 0. The summed E-state index contributed by atoms with van der Waals surface area (Å²) < 4.78 is 15.4. The SMILES string of the molecule is CC(C)(C)c1c2c([c-]c3ccccc13)-c1nccc3cccc(c13)O2.C[n+]1[c-]n2c(c1)oc1cccc(O)c12.[Ir]. The first-order chi connectivity index (χ1) is 18.8. The van der Waals surface area contributed by atoms with Crippen LogP contribution in [0, 0.1) is 12.4 Å². The molecule has 0 saturated heterocycles. The van der Waals surface area contributed by atoms with Gasteiger partial charge in [-0.1, -0.05) is 73.7 Å². The Hall–Kier alpha value is -4.19. The minimum atomic E-state index is -0.0566. The van der Waals surface area contributed by atoms with Gasteiger partial charge in [0.15, 0.2) is 0 Å². The number of aromatic nitrogens is 3. The number of phenols is 1. The molecule has 1 radical (unpaired) electrons. The fourth-order valence-electron chi connectivity index (χ4n) is 5.47. The molecule has 0 aliphatic carbocycles. The van der Waals surface area contributed by atoms with Gasteiger partial charge in [-0.2, -0.15) is 0 Å². The van der Waals surface area contributed by atoms with Crippen LogP contribution in [0.25, 0.3) is 49.6 Å². The van der Waals surface area contributed by atoms with Gasteiger partial charge in [0, 0.05) is 37.4 Å². The first-order valence-electron chi connectivity index (χ1n) is 12.8. The van der Waals surface area contributed by atoms with Gasteiger partial charge >= 0.3 is 0 Å². The Kier molecular flexibility index (Phi) is 6.17. The smallest absolute Gasteiger partial charge is 0.246 e. The molecule has 0 bridgehead atoms. The van der Waals surface area contributed by atoms with Crippen LogP contribution in [-0.4, -0.2) is 14.5 Å². The van der Waals surface area contributed by atoms with Crippen LogP contribution in [0.4, 0.5) is 0 Å². The number of fused-ring (bicyclic) bond motifs is 6. The summed E-state index contributed by atoms with van der Waals surface area (Å²) >= 11 is 0. The molecule has 1 aliphatic rings. The molecule has 3 aromatic heterocycles. The summed E-state index contributed by atoms with van der Waals surface area (Å²) in [6, 6.07) is 25.4. The first kappa shape index (κ1) is 26.1. The number of nitrogens with zero attached hydrogens (tertiary/aromatic N) is 3. The van der Waals surface area contributed by atoms with Crippen LogP contribution < -0.4 is 9.30 Å². The third kappa shape index (κ3) is 4.05. The Morgan fingerprint density at radius 1 is 0.975 bits per heavy atom. The van der Waals surface area contributed by atoms with Crippen molar-refractivity contribution in [2.75, 3.05) is 0 Å². The fourth-order valence-corrected chi connectivity index (χ4v) is 5.47. The number of hydrogen-bond donors (Lipinski definition) is 1. The molecule has 4 aromatic carbocycles. The maximum Gasteiger partial charge on any atom is 0.246 e. The van der Waals surface area contributed by atoms with Crippen LogP contribution >= 0.6 is 0 Å². The van der Waals surface area contributed by atoms with Gasteiger partial charge in [-0.3, -0.25) is 9.38 Å². The molecular formula is C33H26IrN3O3-. The standard InChI is InChI=1S/C23H18NO.C10H8N2O2.Ir/c1-23(2,3)20-16-9-5-4-7-15(16)13-17-21-19-14(11-12-24-21)8-6-10-18(19)25-22(17)20;1-11-5-9-12(6-11)10-7(13)3-2-4-8(10)14-9;/h4-12H,1-3H3;2-5,13H,1H3;/q-1;;. The molecule has 7 aromatic rings. The Morgan fingerprint density at radius 3 is 2.60 bits per heavy atom. The Bertz CT molecular complexity index is 2060. The van der Waals surface area contributed by atoms with Gasteiger partial charge in [0.2, 0.25) is 12.0 Å².